The van der Waals surface area contributed by atoms with Crippen molar-refractivity contribution in [2.45, 2.75) is 6.92 Å². The van der Waals surface area contributed by atoms with Crippen LogP contribution in [0.4, 0.5) is 18.9 Å². The maximum atomic E-state index is 13.8. The van der Waals surface area contributed by atoms with Crippen molar-refractivity contribution >= 4 is 22.6 Å². The van der Waals surface area contributed by atoms with Gasteiger partial charge in [0.15, 0.2) is 17.5 Å². The van der Waals surface area contributed by atoms with Crippen molar-refractivity contribution < 1.29 is 18.0 Å². The Morgan fingerprint density at radius 1 is 0.964 bits per heavy atom. The van der Waals surface area contributed by atoms with Crippen LogP contribution in [0, 0.1) is 24.4 Å². The van der Waals surface area contributed by atoms with Gasteiger partial charge in [0.2, 0.25) is 0 Å². The van der Waals surface area contributed by atoms with E-state index < -0.39 is 29.0 Å². The minimum Gasteiger partial charge on any atom is -0.319 e. The van der Waals surface area contributed by atoms with Crippen molar-refractivity contribution in [2.75, 3.05) is 5.32 Å². The molecule has 4 aromatic rings. The zero-order valence-electron chi connectivity index (χ0n) is 14.7. The third kappa shape index (κ3) is 3.00. The van der Waals surface area contributed by atoms with Crippen molar-refractivity contribution in [3.8, 4) is 5.69 Å². The SMILES string of the molecule is Cc1nc2cc(C(=O)Nc3ccc(F)c(F)c3F)ccc2n1-c1ccccc1. The Morgan fingerprint density at radius 2 is 1.71 bits per heavy atom. The van der Waals surface area contributed by atoms with Crippen LogP contribution in [-0.2, 0) is 0 Å². The van der Waals surface area contributed by atoms with E-state index in [9.17, 15) is 18.0 Å². The molecule has 0 aliphatic rings. The molecule has 28 heavy (non-hydrogen) atoms. The molecule has 140 valence electrons. The van der Waals surface area contributed by atoms with E-state index in [0.29, 0.717) is 5.52 Å². The fourth-order valence-electron chi connectivity index (χ4n) is 3.06. The highest BCUT2D eigenvalue weighted by Gasteiger charge is 2.17. The summed E-state index contributed by atoms with van der Waals surface area (Å²) in [6.45, 7) is 1.85. The van der Waals surface area contributed by atoms with Gasteiger partial charge >= 0.3 is 0 Å². The van der Waals surface area contributed by atoms with Crippen LogP contribution in [0.2, 0.25) is 0 Å². The fourth-order valence-corrected chi connectivity index (χ4v) is 3.06. The van der Waals surface area contributed by atoms with Gasteiger partial charge in [-0.25, -0.2) is 18.2 Å². The molecule has 4 rings (SSSR count). The summed E-state index contributed by atoms with van der Waals surface area (Å²) in [6.07, 6.45) is 0. The molecule has 0 unspecified atom stereocenters. The Balaban J connectivity index is 1.69. The number of para-hydroxylation sites is 1. The maximum Gasteiger partial charge on any atom is 0.255 e. The zero-order valence-corrected chi connectivity index (χ0v) is 14.7. The monoisotopic (exact) mass is 381 g/mol. The number of aromatic nitrogens is 2. The number of amides is 1. The first kappa shape index (κ1) is 17.8. The molecular formula is C21H14F3N3O. The molecule has 1 heterocycles. The van der Waals surface area contributed by atoms with Crippen LogP contribution < -0.4 is 5.32 Å². The smallest absolute Gasteiger partial charge is 0.255 e. The molecule has 0 atom stereocenters. The molecule has 1 N–H and O–H groups in total. The molecular weight excluding hydrogens is 367 g/mol. The van der Waals surface area contributed by atoms with Gasteiger partial charge < -0.3 is 5.32 Å². The van der Waals surface area contributed by atoms with Crippen LogP contribution in [0.15, 0.2) is 60.7 Å². The number of carbonyl (C=O) groups excluding carboxylic acids is 1. The van der Waals surface area contributed by atoms with Gasteiger partial charge in [-0.15, -0.1) is 0 Å². The highest BCUT2D eigenvalue weighted by Crippen LogP contribution is 2.24. The maximum absolute atomic E-state index is 13.8. The lowest BCUT2D eigenvalue weighted by Gasteiger charge is -2.08. The number of hydrogen-bond donors (Lipinski definition) is 1. The molecule has 0 saturated carbocycles. The van der Waals surface area contributed by atoms with Crippen LogP contribution in [0.3, 0.4) is 0 Å². The van der Waals surface area contributed by atoms with Crippen molar-refractivity contribution in [3.05, 3.63) is 89.5 Å². The fraction of sp³-hybridized carbons (Fsp3) is 0.0476. The molecule has 0 bridgehead atoms. The van der Waals surface area contributed by atoms with Gasteiger partial charge in [0.25, 0.3) is 5.91 Å². The normalized spacial score (nSPS) is 11.0. The first-order valence-electron chi connectivity index (χ1n) is 8.45. The molecule has 0 spiro atoms. The summed E-state index contributed by atoms with van der Waals surface area (Å²) in [6, 6.07) is 16.2. The summed E-state index contributed by atoms with van der Waals surface area (Å²) >= 11 is 0. The van der Waals surface area contributed by atoms with Crippen LogP contribution >= 0.6 is 0 Å². The summed E-state index contributed by atoms with van der Waals surface area (Å²) in [4.78, 5) is 16.9. The number of halogens is 3. The van der Waals surface area contributed by atoms with Gasteiger partial charge in [0.1, 0.15) is 5.82 Å². The van der Waals surface area contributed by atoms with Crippen LogP contribution in [-0.4, -0.2) is 15.5 Å². The third-order valence-electron chi connectivity index (χ3n) is 4.38. The number of benzene rings is 3. The van der Waals surface area contributed by atoms with Crippen LogP contribution in [0.1, 0.15) is 16.2 Å². The number of imidazole rings is 1. The molecule has 4 nitrogen and oxygen atoms in total. The van der Waals surface area contributed by atoms with Gasteiger partial charge in [-0.1, -0.05) is 18.2 Å². The number of anilines is 1. The Morgan fingerprint density at radius 3 is 2.46 bits per heavy atom. The Labute approximate surface area is 158 Å². The standard InChI is InChI=1S/C21H14F3N3O/c1-12-25-17-11-13(7-10-18(17)27(12)14-5-3-2-4-6-14)21(28)26-16-9-8-15(22)19(23)20(16)24/h2-11H,1H3,(H,26,28). The predicted octanol–water partition coefficient (Wildman–Crippen LogP) is 5.00. The number of nitrogens with zero attached hydrogens (tertiary/aromatic N) is 2. The van der Waals surface area contributed by atoms with Crippen molar-refractivity contribution in [3.63, 3.8) is 0 Å². The van der Waals surface area contributed by atoms with Gasteiger partial charge in [0, 0.05) is 11.3 Å². The second-order valence-corrected chi connectivity index (χ2v) is 6.21. The van der Waals surface area contributed by atoms with E-state index in [1.165, 1.54) is 0 Å². The topological polar surface area (TPSA) is 46.9 Å². The number of hydrogen-bond acceptors (Lipinski definition) is 2. The predicted molar refractivity (Wildman–Crippen MR) is 100 cm³/mol. The van der Waals surface area contributed by atoms with E-state index in [1.807, 2.05) is 41.8 Å². The number of nitrogens with one attached hydrogen (secondary N) is 1. The molecule has 0 aliphatic carbocycles. The summed E-state index contributed by atoms with van der Waals surface area (Å²) in [7, 11) is 0. The highest BCUT2D eigenvalue weighted by molar-refractivity contribution is 6.06. The molecule has 3 aromatic carbocycles. The lowest BCUT2D eigenvalue weighted by Crippen LogP contribution is -2.14. The molecule has 0 saturated heterocycles. The Bertz CT molecular complexity index is 1200. The minimum absolute atomic E-state index is 0.217. The molecule has 0 radical (unpaired) electrons. The Kier molecular flexibility index (Phi) is 4.35. The van der Waals surface area contributed by atoms with E-state index in [1.54, 1.807) is 18.2 Å². The van der Waals surface area contributed by atoms with Crippen molar-refractivity contribution in [2.24, 2.45) is 0 Å². The summed E-state index contributed by atoms with van der Waals surface area (Å²) in [5.74, 6) is -4.31. The zero-order chi connectivity index (χ0) is 19.8. The average Bonchev–Trinajstić information content (AvgIpc) is 3.03. The molecule has 0 fully saturated rings. The van der Waals surface area contributed by atoms with E-state index in [0.717, 1.165) is 29.2 Å². The quantitative estimate of drug-likeness (QED) is 0.508. The average molecular weight is 381 g/mol. The van der Waals surface area contributed by atoms with Gasteiger partial charge in [0.05, 0.1) is 16.7 Å². The van der Waals surface area contributed by atoms with Crippen molar-refractivity contribution in [1.29, 1.82) is 0 Å². The number of aryl methyl sites for hydroxylation is 1. The lowest BCUT2D eigenvalue weighted by atomic mass is 10.1. The lowest BCUT2D eigenvalue weighted by molar-refractivity contribution is 0.102. The van der Waals surface area contributed by atoms with Gasteiger partial charge in [-0.05, 0) is 49.4 Å². The number of fused-ring (bicyclic) bond motifs is 1. The first-order chi connectivity index (χ1) is 13.5. The van der Waals surface area contributed by atoms with Crippen LogP contribution in [0.25, 0.3) is 16.7 Å². The highest BCUT2D eigenvalue weighted by atomic mass is 19.2. The second-order valence-electron chi connectivity index (χ2n) is 6.21. The summed E-state index contributed by atoms with van der Waals surface area (Å²) < 4.78 is 42.1. The molecule has 1 aromatic heterocycles. The van der Waals surface area contributed by atoms with E-state index in [2.05, 4.69) is 10.3 Å². The van der Waals surface area contributed by atoms with Gasteiger partial charge in [-0.2, -0.15) is 0 Å². The summed E-state index contributed by atoms with van der Waals surface area (Å²) in [5, 5.41) is 2.26. The minimum atomic E-state index is -1.63. The number of rotatable bonds is 3. The first-order valence-corrected chi connectivity index (χ1v) is 8.45. The van der Waals surface area contributed by atoms with E-state index >= 15 is 0 Å². The largest absolute Gasteiger partial charge is 0.319 e. The Hall–Kier alpha value is -3.61. The second kappa shape index (κ2) is 6.84. The molecule has 7 heteroatoms. The third-order valence-corrected chi connectivity index (χ3v) is 4.38. The van der Waals surface area contributed by atoms with E-state index in [4.69, 9.17) is 0 Å². The van der Waals surface area contributed by atoms with E-state index in [-0.39, 0.29) is 5.56 Å². The van der Waals surface area contributed by atoms with Crippen molar-refractivity contribution in [1.82, 2.24) is 9.55 Å². The van der Waals surface area contributed by atoms with Crippen LogP contribution in [0.5, 0.6) is 0 Å². The summed E-state index contributed by atoms with van der Waals surface area (Å²) in [5.41, 5.74) is 2.10. The number of carbonyl (C=O) groups is 1. The molecule has 0 aliphatic heterocycles. The molecule has 1 amide bonds. The van der Waals surface area contributed by atoms with Gasteiger partial charge in [-0.3, -0.25) is 9.36 Å².